The lowest BCUT2D eigenvalue weighted by Crippen LogP contribution is -2.69. The van der Waals surface area contributed by atoms with Crippen molar-refractivity contribution in [2.45, 2.75) is 61.8 Å². The minimum atomic E-state index is -5.00. The summed E-state index contributed by atoms with van der Waals surface area (Å²) in [4.78, 5) is 8.01. The van der Waals surface area contributed by atoms with Crippen molar-refractivity contribution in [1.82, 2.24) is 15.3 Å². The van der Waals surface area contributed by atoms with Crippen LogP contribution in [0.2, 0.25) is 0 Å². The molecule has 0 amide bonds. The minimum absolute atomic E-state index is 0.0362. The molecule has 15 heteroatoms. The molecule has 38 heavy (non-hydrogen) atoms. The highest BCUT2D eigenvalue weighted by molar-refractivity contribution is 5.54. The maximum absolute atomic E-state index is 13.7. The maximum Gasteiger partial charge on any atom is 0.420 e. The lowest BCUT2D eigenvalue weighted by Gasteiger charge is -2.48. The molecule has 4 heterocycles. The number of hydrogen-bond acceptors (Lipinski definition) is 7. The first kappa shape index (κ1) is 28.2. The summed E-state index contributed by atoms with van der Waals surface area (Å²) in [6.07, 6.45) is -10.4. The number of nitrogens with zero attached hydrogens (tertiary/aromatic N) is 3. The van der Waals surface area contributed by atoms with Crippen LogP contribution >= 0.6 is 0 Å². The number of aliphatic hydroxyl groups is 2. The van der Waals surface area contributed by atoms with Crippen LogP contribution in [0.4, 0.5) is 40.9 Å². The molecule has 2 saturated heterocycles. The van der Waals surface area contributed by atoms with Crippen molar-refractivity contribution in [3.8, 4) is 5.75 Å². The van der Waals surface area contributed by atoms with E-state index in [1.54, 1.807) is 6.92 Å². The molecule has 3 N–H and O–H groups in total. The van der Waals surface area contributed by atoms with Gasteiger partial charge < -0.3 is 25.2 Å². The Balaban J connectivity index is 1.47. The monoisotopic (exact) mass is 556 g/mol. The predicted molar refractivity (Wildman–Crippen MR) is 117 cm³/mol. The summed E-state index contributed by atoms with van der Waals surface area (Å²) < 4.78 is 111. The average molecular weight is 556 g/mol. The molecule has 0 radical (unpaired) electrons. The van der Waals surface area contributed by atoms with Gasteiger partial charge in [-0.25, -0.2) is 13.8 Å². The van der Waals surface area contributed by atoms with Gasteiger partial charge in [-0.15, -0.1) is 0 Å². The lowest BCUT2D eigenvalue weighted by atomic mass is 9.79. The topological polar surface area (TPSA) is 90.7 Å². The van der Waals surface area contributed by atoms with E-state index < -0.39 is 66.2 Å². The van der Waals surface area contributed by atoms with Crippen LogP contribution in [0.3, 0.4) is 0 Å². The molecule has 2 aliphatic heterocycles. The molecule has 4 rings (SSSR count). The van der Waals surface area contributed by atoms with E-state index in [9.17, 15) is 45.3 Å². The second-order valence-corrected chi connectivity index (χ2v) is 9.71. The summed E-state index contributed by atoms with van der Waals surface area (Å²) in [5, 5.41) is 23.9. The van der Waals surface area contributed by atoms with Gasteiger partial charge in [0.25, 0.3) is 6.43 Å². The first-order chi connectivity index (χ1) is 17.5. The molecule has 2 aromatic heterocycles. The zero-order valence-electron chi connectivity index (χ0n) is 19.8. The van der Waals surface area contributed by atoms with Gasteiger partial charge in [0, 0.05) is 23.8 Å². The van der Waals surface area contributed by atoms with Crippen LogP contribution in [0.5, 0.6) is 5.75 Å². The molecule has 0 aliphatic carbocycles. The number of alkyl halides is 8. The van der Waals surface area contributed by atoms with Crippen LogP contribution < -0.4 is 15.0 Å². The predicted octanol–water partition coefficient (Wildman–Crippen LogP) is 3.95. The maximum atomic E-state index is 13.7. The van der Waals surface area contributed by atoms with Gasteiger partial charge in [0.15, 0.2) is 5.60 Å². The number of piperidine rings is 1. The Morgan fingerprint density at radius 3 is 2.32 bits per heavy atom. The van der Waals surface area contributed by atoms with Gasteiger partial charge >= 0.3 is 12.4 Å². The lowest BCUT2D eigenvalue weighted by molar-refractivity contribution is -0.267. The van der Waals surface area contributed by atoms with Gasteiger partial charge in [-0.3, -0.25) is 4.98 Å². The molecule has 0 unspecified atom stereocenters. The molecule has 0 saturated carbocycles. The van der Waals surface area contributed by atoms with Crippen molar-refractivity contribution >= 4 is 5.82 Å². The van der Waals surface area contributed by atoms with Gasteiger partial charge in [0.05, 0.1) is 24.9 Å². The number of rotatable bonds is 6. The van der Waals surface area contributed by atoms with E-state index in [1.165, 1.54) is 6.07 Å². The molecular formula is C23H24F8N4O3. The fraction of sp³-hybridized carbons (Fsp3) is 0.565. The van der Waals surface area contributed by atoms with Gasteiger partial charge in [0.1, 0.15) is 29.4 Å². The third-order valence-electron chi connectivity index (χ3n) is 6.63. The summed E-state index contributed by atoms with van der Waals surface area (Å²) >= 11 is 0. The summed E-state index contributed by atoms with van der Waals surface area (Å²) in [7, 11) is 0. The highest BCUT2D eigenvalue weighted by Crippen LogP contribution is 2.44. The molecule has 2 fully saturated rings. The smallest absolute Gasteiger partial charge is 0.420 e. The van der Waals surface area contributed by atoms with Crippen molar-refractivity contribution in [1.29, 1.82) is 0 Å². The first-order valence-electron chi connectivity index (χ1n) is 11.5. The Bertz CT molecular complexity index is 1140. The number of nitrogens with one attached hydrogen (secondary N) is 1. The first-order valence-corrected chi connectivity index (χ1v) is 11.5. The van der Waals surface area contributed by atoms with Crippen LogP contribution in [-0.4, -0.2) is 63.7 Å². The van der Waals surface area contributed by atoms with E-state index in [2.05, 4.69) is 15.3 Å². The van der Waals surface area contributed by atoms with Crippen molar-refractivity contribution in [2.24, 2.45) is 0 Å². The number of hydrogen-bond donors (Lipinski definition) is 3. The average Bonchev–Trinajstić information content (AvgIpc) is 2.79. The number of aromatic nitrogens is 2. The standard InChI is InChI=1S/C23H24F8N4O3/c1-12-5-20(36,13-2-3-17(18(24)25)32-7-13)6-14(34-12)9-38-15-4-16(22(26,27)28)19(33-8-15)35-10-21(37,11-35)23(29,30)31/h2-4,7-8,12,14,18,34,36-37H,5-6,9-11H2,1H3/t12-,14-,20-/m0/s1. The zero-order chi connectivity index (χ0) is 28.1. The van der Waals surface area contributed by atoms with E-state index in [0.29, 0.717) is 16.5 Å². The quantitative estimate of drug-likeness (QED) is 0.465. The molecular weight excluding hydrogens is 532 g/mol. The number of β-amino-alcohol motifs (C(OH)–C–C–N with tert-alkyl or cyclic N) is 1. The molecule has 0 bridgehead atoms. The van der Waals surface area contributed by atoms with E-state index in [0.717, 1.165) is 18.5 Å². The Morgan fingerprint density at radius 1 is 1.08 bits per heavy atom. The van der Waals surface area contributed by atoms with Crippen molar-refractivity contribution in [2.75, 3.05) is 24.6 Å². The molecule has 2 aromatic rings. The third kappa shape index (κ3) is 5.64. The number of halogens is 8. The summed E-state index contributed by atoms with van der Waals surface area (Å²) in [5.41, 5.74) is -6.05. The minimum Gasteiger partial charge on any atom is -0.490 e. The van der Waals surface area contributed by atoms with Gasteiger partial charge in [0.2, 0.25) is 0 Å². The van der Waals surface area contributed by atoms with E-state index in [-0.39, 0.29) is 31.2 Å². The summed E-state index contributed by atoms with van der Waals surface area (Å²) in [5.74, 6) is -1.07. The second kappa shape index (κ2) is 9.75. The number of ether oxygens (including phenoxy) is 1. The normalized spacial score (nSPS) is 25.8. The Kier molecular flexibility index (Phi) is 7.25. The molecule has 3 atom stereocenters. The van der Waals surface area contributed by atoms with Crippen LogP contribution in [0.15, 0.2) is 30.6 Å². The third-order valence-corrected chi connectivity index (χ3v) is 6.63. The highest BCUT2D eigenvalue weighted by atomic mass is 19.4. The van der Waals surface area contributed by atoms with Crippen LogP contribution in [0.1, 0.15) is 43.0 Å². The molecule has 7 nitrogen and oxygen atoms in total. The Morgan fingerprint density at radius 2 is 1.76 bits per heavy atom. The fourth-order valence-electron chi connectivity index (χ4n) is 4.76. The zero-order valence-corrected chi connectivity index (χ0v) is 19.8. The van der Waals surface area contributed by atoms with Crippen LogP contribution in [-0.2, 0) is 11.8 Å². The fourth-order valence-corrected chi connectivity index (χ4v) is 4.76. The molecule has 0 spiro atoms. The SMILES string of the molecule is C[C@H]1C[C@@](O)(c2ccc(C(F)F)nc2)C[C@@H](COc2cnc(N3CC(O)(C(F)(F)F)C3)c(C(F)(F)F)c2)N1. The summed E-state index contributed by atoms with van der Waals surface area (Å²) in [6, 6.07) is 2.22. The highest BCUT2D eigenvalue weighted by Gasteiger charge is 2.62. The number of pyridine rings is 2. The van der Waals surface area contributed by atoms with Crippen molar-refractivity contribution in [3.63, 3.8) is 0 Å². The second-order valence-electron chi connectivity index (χ2n) is 9.71. The molecule has 0 aromatic carbocycles. The van der Waals surface area contributed by atoms with E-state index in [1.807, 2.05) is 0 Å². The van der Waals surface area contributed by atoms with Gasteiger partial charge in [-0.05, 0) is 31.9 Å². The molecule has 210 valence electrons. The van der Waals surface area contributed by atoms with Crippen molar-refractivity contribution < 1.29 is 50.1 Å². The largest absolute Gasteiger partial charge is 0.490 e. The van der Waals surface area contributed by atoms with E-state index >= 15 is 0 Å². The Hall–Kier alpha value is -2.78. The van der Waals surface area contributed by atoms with Gasteiger partial charge in [-0.2, -0.15) is 26.3 Å². The van der Waals surface area contributed by atoms with Crippen molar-refractivity contribution in [3.05, 3.63) is 47.4 Å². The van der Waals surface area contributed by atoms with Crippen LogP contribution in [0, 0.1) is 0 Å². The van der Waals surface area contributed by atoms with E-state index in [4.69, 9.17) is 4.74 Å². The summed E-state index contributed by atoms with van der Waals surface area (Å²) in [6.45, 7) is -0.638. The molecule has 2 aliphatic rings. The number of anilines is 1. The Labute approximate surface area is 211 Å². The van der Waals surface area contributed by atoms with Gasteiger partial charge in [-0.1, -0.05) is 6.07 Å². The van der Waals surface area contributed by atoms with Crippen LogP contribution in [0.25, 0.3) is 0 Å².